The van der Waals surface area contributed by atoms with Gasteiger partial charge in [0.25, 0.3) is 5.79 Å². The number of ether oxygens (including phenoxy) is 11. The van der Waals surface area contributed by atoms with Gasteiger partial charge in [-0.2, -0.15) is 0 Å². The average molecular weight is 1110 g/mol. The van der Waals surface area contributed by atoms with Crippen LogP contribution in [0.3, 0.4) is 0 Å². The molecule has 26 nitrogen and oxygen atoms in total. The second-order valence-electron chi connectivity index (χ2n) is 18.4. The van der Waals surface area contributed by atoms with Gasteiger partial charge in [0, 0.05) is 47.5 Å². The zero-order valence-corrected chi connectivity index (χ0v) is 43.9. The van der Waals surface area contributed by atoms with Crippen molar-refractivity contribution in [2.45, 2.75) is 127 Å². The van der Waals surface area contributed by atoms with E-state index in [1.807, 2.05) is 48.5 Å². The van der Waals surface area contributed by atoms with Crippen molar-refractivity contribution in [1.29, 1.82) is 0 Å². The summed E-state index contributed by atoms with van der Waals surface area (Å²) in [6.45, 7) is 3.12. The highest BCUT2D eigenvalue weighted by molar-refractivity contribution is 5.89. The van der Waals surface area contributed by atoms with E-state index in [1.54, 1.807) is 6.07 Å². The van der Waals surface area contributed by atoms with Gasteiger partial charge in [-0.1, -0.05) is 66.7 Å². The van der Waals surface area contributed by atoms with E-state index < -0.39 is 159 Å². The Labute approximate surface area is 451 Å². The Morgan fingerprint density at radius 1 is 0.696 bits per heavy atom. The highest BCUT2D eigenvalue weighted by atomic mass is 16.8. The van der Waals surface area contributed by atoms with Crippen LogP contribution in [-0.4, -0.2) is 176 Å². The summed E-state index contributed by atoms with van der Waals surface area (Å²) in [6, 6.07) is 17.4. The first-order valence-electron chi connectivity index (χ1n) is 24.7. The number of hydrogen-bond donors (Lipinski definition) is 5. The Morgan fingerprint density at radius 3 is 1.85 bits per heavy atom. The zero-order valence-electron chi connectivity index (χ0n) is 43.9. The molecule has 426 valence electrons. The van der Waals surface area contributed by atoms with Crippen LogP contribution < -0.4 is 16.0 Å². The number of hydrogen-bond acceptors (Lipinski definition) is 22. The van der Waals surface area contributed by atoms with Crippen LogP contribution in [0, 0.1) is 0 Å². The molecule has 3 aromatic rings. The number of methoxy groups -OCH3 is 1. The smallest absolute Gasteiger partial charge is 0.407 e. The summed E-state index contributed by atoms with van der Waals surface area (Å²) in [5.41, 5.74) is 3.64. The minimum absolute atomic E-state index is 0.0223. The van der Waals surface area contributed by atoms with Crippen molar-refractivity contribution in [3.8, 4) is 11.1 Å². The molecule has 12 atom stereocenters. The van der Waals surface area contributed by atoms with Gasteiger partial charge in [-0.15, -0.1) is 0 Å². The first kappa shape index (κ1) is 60.2. The maximum absolute atomic E-state index is 14.2. The van der Waals surface area contributed by atoms with Gasteiger partial charge in [-0.25, -0.2) is 19.2 Å². The molecule has 0 spiro atoms. The number of rotatable bonds is 22. The lowest BCUT2D eigenvalue weighted by Gasteiger charge is -2.49. The van der Waals surface area contributed by atoms with Crippen LogP contribution in [0.5, 0.6) is 0 Å². The van der Waals surface area contributed by atoms with E-state index in [9.17, 15) is 58.2 Å². The van der Waals surface area contributed by atoms with Crippen LogP contribution in [0.1, 0.15) is 75.4 Å². The largest absolute Gasteiger partial charge is 0.480 e. The third-order valence-corrected chi connectivity index (χ3v) is 12.6. The van der Waals surface area contributed by atoms with Gasteiger partial charge >= 0.3 is 47.9 Å². The number of nitrogens with one attached hydrogen (secondary N) is 3. The van der Waals surface area contributed by atoms with Gasteiger partial charge in [0.1, 0.15) is 43.7 Å². The summed E-state index contributed by atoms with van der Waals surface area (Å²) in [6.07, 6.45) is -16.9. The second kappa shape index (κ2) is 27.0. The molecule has 0 unspecified atom stereocenters. The Hall–Kier alpha value is -8.04. The SMILES string of the molecule is COC(=O)[C@@]1(OC[C@H]2O[C@H](OC[C@H](NC(=O)OCC3c4ccccc4-c4ccccc43)C(=O)O)[C@H](NC(C)=O)[C@@H](OC(=O)c3ccccc3)[C@H]2O)C[C@H](OC(C)=O)[C@@H](NC(C)=O)[C@H]([C@H](OC(C)=O)[C@H](COC(C)=O)OC(C)=O)O1. The molecule has 0 bridgehead atoms. The predicted molar refractivity (Wildman–Crippen MR) is 265 cm³/mol. The molecule has 2 fully saturated rings. The summed E-state index contributed by atoms with van der Waals surface area (Å²) in [7, 11) is 0.904. The van der Waals surface area contributed by atoms with Crippen molar-refractivity contribution >= 4 is 59.7 Å². The number of esters is 6. The van der Waals surface area contributed by atoms with E-state index in [2.05, 4.69) is 16.0 Å². The van der Waals surface area contributed by atoms with Crippen LogP contribution in [0.15, 0.2) is 78.9 Å². The van der Waals surface area contributed by atoms with Crippen LogP contribution in [0.2, 0.25) is 0 Å². The van der Waals surface area contributed by atoms with Crippen LogP contribution in [-0.2, 0) is 90.5 Å². The third-order valence-electron chi connectivity index (χ3n) is 12.6. The number of benzene rings is 3. The molecule has 2 heterocycles. The number of fused-ring (bicyclic) bond motifs is 3. The molecule has 0 saturated carbocycles. The monoisotopic (exact) mass is 1110 g/mol. The van der Waals surface area contributed by atoms with Gasteiger partial charge in [-0.3, -0.25) is 28.8 Å². The molecule has 2 saturated heterocycles. The van der Waals surface area contributed by atoms with Crippen LogP contribution in [0.25, 0.3) is 11.1 Å². The molecule has 1 aliphatic carbocycles. The maximum atomic E-state index is 14.2. The highest BCUT2D eigenvalue weighted by Crippen LogP contribution is 2.45. The van der Waals surface area contributed by atoms with Crippen molar-refractivity contribution in [2.24, 2.45) is 0 Å². The summed E-state index contributed by atoms with van der Waals surface area (Å²) in [5.74, 6) is -12.7. The molecular weight excluding hydrogens is 1050 g/mol. The number of carboxylic acids is 1. The lowest BCUT2D eigenvalue weighted by atomic mass is 9.87. The average Bonchev–Trinajstić information content (AvgIpc) is 3.77. The molecule has 2 aliphatic heterocycles. The van der Waals surface area contributed by atoms with Crippen molar-refractivity contribution in [2.75, 3.05) is 33.5 Å². The van der Waals surface area contributed by atoms with E-state index in [0.29, 0.717) is 0 Å². The molecule has 3 aromatic carbocycles. The number of alkyl carbamates (subject to hydrolysis) is 1. The summed E-state index contributed by atoms with van der Waals surface area (Å²) in [4.78, 5) is 130. The molecule has 5 N–H and O–H groups in total. The molecule has 3 amide bonds. The lowest BCUT2D eigenvalue weighted by Crippen LogP contribution is -2.70. The molecule has 26 heteroatoms. The van der Waals surface area contributed by atoms with Crippen LogP contribution >= 0.6 is 0 Å². The number of aliphatic hydroxyl groups is 1. The van der Waals surface area contributed by atoms with Crippen molar-refractivity contribution in [3.05, 3.63) is 95.6 Å². The van der Waals surface area contributed by atoms with Gasteiger partial charge in [0.05, 0.1) is 38.3 Å². The number of aliphatic carboxylic acids is 1. The van der Waals surface area contributed by atoms with Gasteiger partial charge in [0.2, 0.25) is 11.8 Å². The third kappa shape index (κ3) is 15.4. The number of amides is 3. The molecule has 6 rings (SSSR count). The number of carbonyl (C=O) groups is 10. The van der Waals surface area contributed by atoms with E-state index in [0.717, 1.165) is 70.9 Å². The Kier molecular flexibility index (Phi) is 20.6. The minimum Gasteiger partial charge on any atom is -0.480 e. The molecule has 79 heavy (non-hydrogen) atoms. The second-order valence-corrected chi connectivity index (χ2v) is 18.4. The summed E-state index contributed by atoms with van der Waals surface area (Å²) in [5, 5.41) is 29.7. The van der Waals surface area contributed by atoms with Gasteiger partial charge in [-0.05, 0) is 34.4 Å². The number of carbonyl (C=O) groups excluding carboxylic acids is 9. The maximum Gasteiger partial charge on any atom is 0.407 e. The number of aliphatic hydroxyl groups excluding tert-OH is 1. The van der Waals surface area contributed by atoms with Crippen molar-refractivity contribution in [3.63, 3.8) is 0 Å². The Balaban J connectivity index is 1.33. The predicted octanol–water partition coefficient (Wildman–Crippen LogP) is 1.35. The molecule has 0 aromatic heterocycles. The van der Waals surface area contributed by atoms with Gasteiger partial charge in [0.15, 0.2) is 30.6 Å². The van der Waals surface area contributed by atoms with E-state index in [1.165, 1.54) is 24.3 Å². The summed E-state index contributed by atoms with van der Waals surface area (Å²) >= 11 is 0. The molecule has 0 radical (unpaired) electrons. The Bertz CT molecular complexity index is 2690. The highest BCUT2D eigenvalue weighted by Gasteiger charge is 2.60. The quantitative estimate of drug-likeness (QED) is 0.0700. The van der Waals surface area contributed by atoms with Gasteiger partial charge < -0.3 is 78.3 Å². The fourth-order valence-corrected chi connectivity index (χ4v) is 9.40. The fraction of sp³-hybridized carbons (Fsp3) is 0.472. The molecular formula is C53H61N3O23. The van der Waals surface area contributed by atoms with Crippen molar-refractivity contribution < 1.29 is 110 Å². The van der Waals surface area contributed by atoms with E-state index in [4.69, 9.17) is 52.1 Å². The zero-order chi connectivity index (χ0) is 57.7. The van der Waals surface area contributed by atoms with Crippen LogP contribution in [0.4, 0.5) is 4.79 Å². The Morgan fingerprint density at radius 2 is 1.29 bits per heavy atom. The minimum atomic E-state index is -2.85. The normalized spacial score (nSPS) is 24.3. The first-order chi connectivity index (χ1) is 37.5. The van der Waals surface area contributed by atoms with E-state index >= 15 is 0 Å². The fourth-order valence-electron chi connectivity index (χ4n) is 9.40. The molecule has 3 aliphatic rings. The number of carboxylic acid groups (broad SMARTS) is 1. The lowest BCUT2D eigenvalue weighted by molar-refractivity contribution is -0.332. The standard InChI is InChI=1S/C53H61N3O23/c1-26(57)54-42-39(74-29(4)60)21-53(51(67)69-7,79-47(42)45(76-31(6)62)41(75-30(5)61)24-70-28(3)59)73-25-40-44(63)46(78-49(66)32-15-9-8-10-16-32)43(55-27(2)58)50(77-40)71-23-38(48(64)65)56-52(68)72-22-37-35-19-13-11-17-33(35)34-18-12-14-20-36(34)37/h8-20,37-47,50,63H,21-25H2,1-7H3,(H,54,57)(H,55,58)(H,56,68)(H,64,65)/t38-,39-,40+,41-,42+,43+,44-,45+,46+,47+,50-,53+/m0/s1. The van der Waals surface area contributed by atoms with E-state index in [-0.39, 0.29) is 18.1 Å². The van der Waals surface area contributed by atoms with Crippen molar-refractivity contribution in [1.82, 2.24) is 16.0 Å². The topological polar surface area (TPSA) is 349 Å². The first-order valence-corrected chi connectivity index (χ1v) is 24.7. The summed E-state index contributed by atoms with van der Waals surface area (Å²) < 4.78 is 62.9.